The van der Waals surface area contributed by atoms with Crippen LogP contribution in [0.3, 0.4) is 0 Å². The first-order chi connectivity index (χ1) is 9.44. The quantitative estimate of drug-likeness (QED) is 0.890. The van der Waals surface area contributed by atoms with Crippen LogP contribution < -0.4 is 5.32 Å². The van der Waals surface area contributed by atoms with Crippen molar-refractivity contribution in [3.63, 3.8) is 0 Å². The molecule has 1 heterocycles. The highest BCUT2D eigenvalue weighted by Gasteiger charge is 2.21. The number of nitrogens with one attached hydrogen (secondary N) is 1. The lowest BCUT2D eigenvalue weighted by atomic mass is 9.95. The van der Waals surface area contributed by atoms with Crippen molar-refractivity contribution in [2.45, 2.75) is 45.7 Å². The number of rotatable bonds is 4. The average Bonchev–Trinajstić information content (AvgIpc) is 2.40. The summed E-state index contributed by atoms with van der Waals surface area (Å²) in [5.74, 6) is 0.838. The molecular formula is C17H27BrN2. The molecule has 0 unspecified atom stereocenters. The first-order valence-corrected chi connectivity index (χ1v) is 8.44. The molecule has 1 fully saturated rings. The number of hydrogen-bond donors (Lipinski definition) is 1. The molecule has 0 saturated carbocycles. The summed E-state index contributed by atoms with van der Waals surface area (Å²) in [4.78, 5) is 2.58. The van der Waals surface area contributed by atoms with Gasteiger partial charge in [-0.15, -0.1) is 0 Å². The Morgan fingerprint density at radius 3 is 2.45 bits per heavy atom. The minimum atomic E-state index is 0.242. The SMILES string of the molecule is CC(C)(C)NCC1CCN(Cc2ccccc2Br)CC1. The molecule has 2 nitrogen and oxygen atoms in total. The molecule has 0 atom stereocenters. The number of piperidine rings is 1. The summed E-state index contributed by atoms with van der Waals surface area (Å²) in [6.07, 6.45) is 2.63. The van der Waals surface area contributed by atoms with Gasteiger partial charge in [-0.05, 0) is 70.8 Å². The van der Waals surface area contributed by atoms with Gasteiger partial charge in [-0.3, -0.25) is 4.90 Å². The van der Waals surface area contributed by atoms with Gasteiger partial charge in [0.1, 0.15) is 0 Å². The molecule has 20 heavy (non-hydrogen) atoms. The molecule has 1 saturated heterocycles. The molecular weight excluding hydrogens is 312 g/mol. The molecule has 0 spiro atoms. The maximum atomic E-state index is 3.64. The van der Waals surface area contributed by atoms with Gasteiger partial charge in [0, 0.05) is 16.6 Å². The van der Waals surface area contributed by atoms with Crippen molar-refractivity contribution in [3.05, 3.63) is 34.3 Å². The molecule has 0 aromatic heterocycles. The van der Waals surface area contributed by atoms with Gasteiger partial charge in [-0.2, -0.15) is 0 Å². The van der Waals surface area contributed by atoms with Gasteiger partial charge in [0.2, 0.25) is 0 Å². The van der Waals surface area contributed by atoms with E-state index >= 15 is 0 Å². The van der Waals surface area contributed by atoms with Gasteiger partial charge in [0.25, 0.3) is 0 Å². The highest BCUT2D eigenvalue weighted by atomic mass is 79.9. The van der Waals surface area contributed by atoms with Gasteiger partial charge in [0.15, 0.2) is 0 Å². The fourth-order valence-electron chi connectivity index (χ4n) is 2.67. The minimum Gasteiger partial charge on any atom is -0.312 e. The molecule has 1 N–H and O–H groups in total. The van der Waals surface area contributed by atoms with Crippen LogP contribution in [0.4, 0.5) is 0 Å². The van der Waals surface area contributed by atoms with Crippen molar-refractivity contribution in [3.8, 4) is 0 Å². The normalized spacial score (nSPS) is 18.4. The van der Waals surface area contributed by atoms with Gasteiger partial charge in [0.05, 0.1) is 0 Å². The number of halogens is 1. The van der Waals surface area contributed by atoms with E-state index in [1.165, 1.54) is 36.0 Å². The van der Waals surface area contributed by atoms with Gasteiger partial charge >= 0.3 is 0 Å². The fourth-order valence-corrected chi connectivity index (χ4v) is 3.08. The topological polar surface area (TPSA) is 15.3 Å². The van der Waals surface area contributed by atoms with Crippen molar-refractivity contribution >= 4 is 15.9 Å². The van der Waals surface area contributed by atoms with Crippen molar-refractivity contribution < 1.29 is 0 Å². The van der Waals surface area contributed by atoms with E-state index in [9.17, 15) is 0 Å². The second-order valence-electron chi connectivity index (χ2n) is 6.94. The first-order valence-electron chi connectivity index (χ1n) is 7.65. The molecule has 0 aliphatic carbocycles. The Kier molecular flexibility index (Phi) is 5.65. The van der Waals surface area contributed by atoms with Crippen LogP contribution in [0, 0.1) is 5.92 Å². The van der Waals surface area contributed by atoms with Crippen molar-refractivity contribution in [1.29, 1.82) is 0 Å². The van der Waals surface area contributed by atoms with Crippen LogP contribution in [-0.4, -0.2) is 30.1 Å². The van der Waals surface area contributed by atoms with Crippen LogP contribution in [0.5, 0.6) is 0 Å². The lowest BCUT2D eigenvalue weighted by Gasteiger charge is -2.34. The number of likely N-dealkylation sites (tertiary alicyclic amines) is 1. The summed E-state index contributed by atoms with van der Waals surface area (Å²) in [6.45, 7) is 11.4. The second kappa shape index (κ2) is 7.06. The van der Waals surface area contributed by atoms with Gasteiger partial charge in [-0.25, -0.2) is 0 Å². The lowest BCUT2D eigenvalue weighted by Crippen LogP contribution is -2.42. The molecule has 0 amide bonds. The fraction of sp³-hybridized carbons (Fsp3) is 0.647. The Morgan fingerprint density at radius 1 is 1.20 bits per heavy atom. The maximum absolute atomic E-state index is 3.64. The molecule has 1 aromatic rings. The monoisotopic (exact) mass is 338 g/mol. The van der Waals surface area contributed by atoms with Gasteiger partial charge < -0.3 is 5.32 Å². The minimum absolute atomic E-state index is 0.242. The molecule has 0 radical (unpaired) electrons. The molecule has 1 aliphatic heterocycles. The average molecular weight is 339 g/mol. The lowest BCUT2D eigenvalue weighted by molar-refractivity contribution is 0.170. The van der Waals surface area contributed by atoms with Crippen LogP contribution in [0.25, 0.3) is 0 Å². The standard InChI is InChI=1S/C17H27BrN2/c1-17(2,3)19-12-14-8-10-20(11-9-14)13-15-6-4-5-7-16(15)18/h4-7,14,19H,8-13H2,1-3H3. The van der Waals surface area contributed by atoms with Crippen molar-refractivity contribution in [2.24, 2.45) is 5.92 Å². The van der Waals surface area contributed by atoms with E-state index in [0.29, 0.717) is 0 Å². The van der Waals surface area contributed by atoms with Crippen LogP contribution in [0.15, 0.2) is 28.7 Å². The Balaban J connectivity index is 1.76. The predicted molar refractivity (Wildman–Crippen MR) is 89.9 cm³/mol. The van der Waals surface area contributed by atoms with E-state index in [4.69, 9.17) is 0 Å². The predicted octanol–water partition coefficient (Wildman–Crippen LogP) is 4.05. The number of hydrogen-bond acceptors (Lipinski definition) is 2. The summed E-state index contributed by atoms with van der Waals surface area (Å²) < 4.78 is 1.23. The third-order valence-electron chi connectivity index (χ3n) is 3.98. The zero-order valence-corrected chi connectivity index (χ0v) is 14.5. The third kappa shape index (κ3) is 5.19. The molecule has 3 heteroatoms. The van der Waals surface area contributed by atoms with E-state index in [0.717, 1.165) is 19.0 Å². The summed E-state index contributed by atoms with van der Waals surface area (Å²) in [6, 6.07) is 8.56. The largest absolute Gasteiger partial charge is 0.312 e. The van der Waals surface area contributed by atoms with Gasteiger partial charge in [-0.1, -0.05) is 34.1 Å². The van der Waals surface area contributed by atoms with E-state index in [1.54, 1.807) is 0 Å². The zero-order valence-electron chi connectivity index (χ0n) is 13.0. The van der Waals surface area contributed by atoms with E-state index < -0.39 is 0 Å². The van der Waals surface area contributed by atoms with Crippen LogP contribution >= 0.6 is 15.9 Å². The third-order valence-corrected chi connectivity index (χ3v) is 4.75. The zero-order chi connectivity index (χ0) is 14.6. The van der Waals surface area contributed by atoms with Crippen LogP contribution in [-0.2, 0) is 6.54 Å². The summed E-state index contributed by atoms with van der Waals surface area (Å²) in [5, 5.41) is 3.64. The molecule has 0 bridgehead atoms. The van der Waals surface area contributed by atoms with Crippen LogP contribution in [0.2, 0.25) is 0 Å². The Labute approximate surface area is 132 Å². The van der Waals surface area contributed by atoms with Crippen molar-refractivity contribution in [1.82, 2.24) is 10.2 Å². The Hall–Kier alpha value is -0.380. The molecule has 1 aliphatic rings. The molecule has 1 aromatic carbocycles. The number of nitrogens with zero attached hydrogens (tertiary/aromatic N) is 1. The van der Waals surface area contributed by atoms with Crippen LogP contribution in [0.1, 0.15) is 39.2 Å². The van der Waals surface area contributed by atoms with E-state index in [-0.39, 0.29) is 5.54 Å². The summed E-state index contributed by atoms with van der Waals surface area (Å²) in [7, 11) is 0. The Bertz CT molecular complexity index is 417. The highest BCUT2D eigenvalue weighted by molar-refractivity contribution is 9.10. The highest BCUT2D eigenvalue weighted by Crippen LogP contribution is 2.22. The van der Waals surface area contributed by atoms with Crippen molar-refractivity contribution in [2.75, 3.05) is 19.6 Å². The maximum Gasteiger partial charge on any atom is 0.0244 e. The Morgan fingerprint density at radius 2 is 1.85 bits per heavy atom. The molecule has 112 valence electrons. The van der Waals surface area contributed by atoms with E-state index in [2.05, 4.69) is 71.2 Å². The number of benzene rings is 1. The second-order valence-corrected chi connectivity index (χ2v) is 7.80. The first kappa shape index (κ1) is 16.0. The summed E-state index contributed by atoms with van der Waals surface area (Å²) in [5.41, 5.74) is 1.64. The summed E-state index contributed by atoms with van der Waals surface area (Å²) >= 11 is 3.64. The van der Waals surface area contributed by atoms with E-state index in [1.807, 2.05) is 0 Å². The molecule has 2 rings (SSSR count). The smallest absolute Gasteiger partial charge is 0.0244 e.